The van der Waals surface area contributed by atoms with Crippen LogP contribution in [0.2, 0.25) is 0 Å². The number of oxazole rings is 1. The lowest BCUT2D eigenvalue weighted by Gasteiger charge is -1.98. The summed E-state index contributed by atoms with van der Waals surface area (Å²) in [5, 5.41) is 22.0. The number of hydrogen-bond acceptors (Lipinski definition) is 6. The fraction of sp³-hybridized carbons (Fsp3) is 0. The summed E-state index contributed by atoms with van der Waals surface area (Å²) < 4.78 is 10.7. The van der Waals surface area contributed by atoms with Gasteiger partial charge in [-0.2, -0.15) is 5.26 Å². The number of Topliss-reactive ketones (excluding diaryl/α,β-unsaturated/α-hetero) is 1. The predicted molar refractivity (Wildman–Crippen MR) is 114 cm³/mol. The van der Waals surface area contributed by atoms with E-state index in [0.29, 0.717) is 11.1 Å². The van der Waals surface area contributed by atoms with Crippen molar-refractivity contribution < 1.29 is 18.7 Å². The maximum atomic E-state index is 12.5. The first-order chi connectivity index (χ1) is 15.2. The normalized spacial score (nSPS) is 12.0. The van der Waals surface area contributed by atoms with Crippen LogP contribution < -0.4 is 5.11 Å². The number of benzene rings is 2. The molecule has 0 aliphatic heterocycles. The summed E-state index contributed by atoms with van der Waals surface area (Å²) in [5.74, 6) is -0.697. The summed E-state index contributed by atoms with van der Waals surface area (Å²) >= 11 is 0. The second-order valence-electron chi connectivity index (χ2n) is 6.47. The zero-order chi connectivity index (χ0) is 21.6. The van der Waals surface area contributed by atoms with Gasteiger partial charge in [0.05, 0.1) is 11.6 Å². The Morgan fingerprint density at radius 1 is 1.00 bits per heavy atom. The number of nitrogens with zero attached hydrogens (tertiary/aromatic N) is 2. The van der Waals surface area contributed by atoms with Crippen molar-refractivity contribution in [3.05, 3.63) is 102 Å². The smallest absolute Gasteiger partial charge is 0.238 e. The maximum absolute atomic E-state index is 12.5. The van der Waals surface area contributed by atoms with E-state index in [-0.39, 0.29) is 22.9 Å². The van der Waals surface area contributed by atoms with Crippen molar-refractivity contribution in [2.75, 3.05) is 0 Å². The van der Waals surface area contributed by atoms with E-state index in [0.717, 1.165) is 5.39 Å². The van der Waals surface area contributed by atoms with Crippen molar-refractivity contribution in [2.45, 2.75) is 0 Å². The summed E-state index contributed by atoms with van der Waals surface area (Å²) in [5.41, 5.74) is 1.38. The number of ketones is 1. The van der Waals surface area contributed by atoms with E-state index >= 15 is 0 Å². The average molecular weight is 407 g/mol. The average Bonchev–Trinajstić information content (AvgIpc) is 3.40. The molecule has 0 aliphatic rings. The van der Waals surface area contributed by atoms with Crippen LogP contribution in [0.25, 0.3) is 28.5 Å². The van der Waals surface area contributed by atoms with E-state index in [2.05, 4.69) is 4.98 Å². The second-order valence-corrected chi connectivity index (χ2v) is 6.47. The number of carbonyl (C=O) groups excluding carboxylic acids is 1. The number of allylic oxidation sites excluding steroid dienone is 5. The fourth-order valence-electron chi connectivity index (χ4n) is 2.88. The highest BCUT2D eigenvalue weighted by molar-refractivity contribution is 6.11. The number of para-hydroxylation sites is 1. The van der Waals surface area contributed by atoms with Gasteiger partial charge in [0.25, 0.3) is 0 Å². The van der Waals surface area contributed by atoms with Gasteiger partial charge >= 0.3 is 0 Å². The highest BCUT2D eigenvalue weighted by Crippen LogP contribution is 2.25. The van der Waals surface area contributed by atoms with Crippen molar-refractivity contribution >= 4 is 22.8 Å². The summed E-state index contributed by atoms with van der Waals surface area (Å²) in [6, 6.07) is 19.8. The van der Waals surface area contributed by atoms with Crippen molar-refractivity contribution in [1.82, 2.24) is 4.98 Å². The van der Waals surface area contributed by atoms with Gasteiger partial charge in [0.2, 0.25) is 5.78 Å². The molecule has 4 rings (SSSR count). The van der Waals surface area contributed by atoms with E-state index < -0.39 is 11.7 Å². The minimum Gasteiger partial charge on any atom is -0.562 e. The summed E-state index contributed by atoms with van der Waals surface area (Å²) in [6.07, 6.45) is 7.56. The van der Waals surface area contributed by atoms with Gasteiger partial charge < -0.3 is 13.9 Å². The lowest BCUT2D eigenvalue weighted by Crippen LogP contribution is -1.99. The number of hydrogen-bond donors (Lipinski definition) is 0. The van der Waals surface area contributed by atoms with E-state index in [9.17, 15) is 15.2 Å². The number of aromatic nitrogens is 1. The van der Waals surface area contributed by atoms with E-state index in [4.69, 9.17) is 8.83 Å². The largest absolute Gasteiger partial charge is 0.562 e. The lowest BCUT2D eigenvalue weighted by molar-refractivity contribution is -0.293. The first kappa shape index (κ1) is 19.7. The van der Waals surface area contributed by atoms with Gasteiger partial charge in [-0.25, -0.2) is 4.98 Å². The highest BCUT2D eigenvalue weighted by Gasteiger charge is 2.16. The molecule has 0 amide bonds. The quantitative estimate of drug-likeness (QED) is 0.191. The molecule has 0 aliphatic carbocycles. The molecule has 0 bridgehead atoms. The molecule has 0 spiro atoms. The van der Waals surface area contributed by atoms with Crippen molar-refractivity contribution in [3.8, 4) is 23.5 Å². The third-order valence-corrected chi connectivity index (χ3v) is 4.39. The monoisotopic (exact) mass is 407 g/mol. The minimum absolute atomic E-state index is 0.0685. The number of fused-ring (bicyclic) bond motifs is 1. The Balaban J connectivity index is 1.46. The van der Waals surface area contributed by atoms with Crippen molar-refractivity contribution in [2.24, 2.45) is 0 Å². The van der Waals surface area contributed by atoms with Gasteiger partial charge in [-0.15, -0.1) is 0 Å². The number of furan rings is 1. The molecule has 0 unspecified atom stereocenters. The van der Waals surface area contributed by atoms with Crippen LogP contribution in [-0.4, -0.2) is 10.8 Å². The first-order valence-corrected chi connectivity index (χ1v) is 9.37. The summed E-state index contributed by atoms with van der Waals surface area (Å²) in [4.78, 5) is 16.7. The van der Waals surface area contributed by atoms with Crippen LogP contribution in [0.1, 0.15) is 16.2 Å². The number of nitriles is 1. The van der Waals surface area contributed by atoms with Gasteiger partial charge in [-0.05, 0) is 24.3 Å². The molecule has 2 heterocycles. The van der Waals surface area contributed by atoms with Crippen LogP contribution in [-0.2, 0) is 0 Å². The lowest BCUT2D eigenvalue weighted by atomic mass is 10.1. The summed E-state index contributed by atoms with van der Waals surface area (Å²) in [6.45, 7) is 0. The zero-order valence-corrected chi connectivity index (χ0v) is 16.2. The van der Waals surface area contributed by atoms with Crippen LogP contribution in [0.5, 0.6) is 5.95 Å². The molecule has 0 saturated carbocycles. The van der Waals surface area contributed by atoms with Crippen LogP contribution in [0, 0.1) is 11.3 Å². The molecule has 4 aromatic rings. The molecular formula is C25H15N2O4-. The molecule has 0 atom stereocenters. The van der Waals surface area contributed by atoms with E-state index in [1.807, 2.05) is 36.4 Å². The Morgan fingerprint density at radius 3 is 2.55 bits per heavy atom. The number of rotatable bonds is 6. The topological polar surface area (TPSA) is 103 Å². The molecule has 0 N–H and O–H groups in total. The Morgan fingerprint density at radius 2 is 1.77 bits per heavy atom. The molecule has 31 heavy (non-hydrogen) atoms. The maximum Gasteiger partial charge on any atom is 0.238 e. The minimum atomic E-state index is -0.545. The molecule has 2 aromatic heterocycles. The van der Waals surface area contributed by atoms with Gasteiger partial charge in [0.15, 0.2) is 5.76 Å². The van der Waals surface area contributed by atoms with Crippen molar-refractivity contribution in [3.63, 3.8) is 0 Å². The van der Waals surface area contributed by atoms with Crippen LogP contribution in [0.3, 0.4) is 0 Å². The predicted octanol–water partition coefficient (Wildman–Crippen LogP) is 5.06. The molecule has 2 aromatic carbocycles. The fourth-order valence-corrected chi connectivity index (χ4v) is 2.88. The SMILES string of the molecule is N#C\C(=C/C=C/C=C/c1nc(-c2ccccc2)oc1[O-])C(=O)c1cc2ccccc2o1. The molecule has 0 radical (unpaired) electrons. The third kappa shape index (κ3) is 4.36. The van der Waals surface area contributed by atoms with Crippen LogP contribution >= 0.6 is 0 Å². The Hall–Kier alpha value is -4.63. The van der Waals surface area contributed by atoms with Crippen molar-refractivity contribution in [1.29, 1.82) is 5.26 Å². The molecule has 6 nitrogen and oxygen atoms in total. The van der Waals surface area contributed by atoms with E-state index in [1.54, 1.807) is 42.5 Å². The Bertz CT molecular complexity index is 1330. The highest BCUT2D eigenvalue weighted by atomic mass is 16.5. The van der Waals surface area contributed by atoms with E-state index in [1.165, 1.54) is 18.2 Å². The van der Waals surface area contributed by atoms with Crippen LogP contribution in [0.4, 0.5) is 0 Å². The summed E-state index contributed by atoms with van der Waals surface area (Å²) in [7, 11) is 0. The van der Waals surface area contributed by atoms with Gasteiger partial charge in [-0.3, -0.25) is 4.79 Å². The van der Waals surface area contributed by atoms with Gasteiger partial charge in [-0.1, -0.05) is 66.8 Å². The van der Waals surface area contributed by atoms with Gasteiger partial charge in [0.1, 0.15) is 23.1 Å². The Kier molecular flexibility index (Phi) is 5.59. The molecule has 0 saturated heterocycles. The second kappa shape index (κ2) is 8.80. The van der Waals surface area contributed by atoms with Gasteiger partial charge in [0, 0.05) is 10.9 Å². The number of carbonyl (C=O) groups is 1. The standard InChI is InChI=1S/C25H16N2O4/c26-16-19(23(28)22-15-18-11-7-8-14-21(18)30-22)12-5-2-6-13-20-25(29)31-24(27-20)17-9-3-1-4-10-17/h1-15,29H/p-1/b5-2+,13-6+,19-12+. The molecule has 0 fully saturated rings. The zero-order valence-electron chi connectivity index (χ0n) is 16.2. The molecule has 150 valence electrons. The Labute approximate surface area is 177 Å². The van der Waals surface area contributed by atoms with Crippen LogP contribution in [0.15, 0.2) is 99.4 Å². The third-order valence-electron chi connectivity index (χ3n) is 4.39. The first-order valence-electron chi connectivity index (χ1n) is 9.37. The molecular weight excluding hydrogens is 392 g/mol. The molecule has 6 heteroatoms.